The van der Waals surface area contributed by atoms with Crippen molar-refractivity contribution < 1.29 is 36.1 Å². The third-order valence-corrected chi connectivity index (χ3v) is 16.4. The zero-order valence-electron chi connectivity index (χ0n) is 27.0. The molecule has 10 heteroatoms. The molecule has 0 radical (unpaired) electrons. The van der Waals surface area contributed by atoms with Gasteiger partial charge < -0.3 is 13.9 Å². The van der Waals surface area contributed by atoms with Crippen LogP contribution >= 0.6 is 0 Å². The summed E-state index contributed by atoms with van der Waals surface area (Å²) in [6.45, 7) is 23.4. The Kier molecular flexibility index (Phi) is 10.1. The molecule has 3 saturated carbocycles. The Morgan fingerprint density at radius 1 is 1.00 bits per heavy atom. The van der Waals surface area contributed by atoms with Crippen molar-refractivity contribution in [1.29, 1.82) is 0 Å². The largest absolute Gasteiger partial charge is 0.459 e. The second-order valence-electron chi connectivity index (χ2n) is 15.0. The molecule has 0 saturated heterocycles. The van der Waals surface area contributed by atoms with Gasteiger partial charge in [-0.2, -0.15) is 8.42 Å². The maximum Gasteiger partial charge on any atom is 0.303 e. The monoisotopic (exact) mass is 614 g/mol. The van der Waals surface area contributed by atoms with E-state index in [1.807, 2.05) is 0 Å². The van der Waals surface area contributed by atoms with Crippen LogP contribution in [0.5, 0.6) is 0 Å². The lowest BCUT2D eigenvalue weighted by Gasteiger charge is -2.58. The Bertz CT molecular complexity index is 1110. The quantitative estimate of drug-likeness (QED) is 0.130. The summed E-state index contributed by atoms with van der Waals surface area (Å²) >= 11 is 0. The van der Waals surface area contributed by atoms with Crippen molar-refractivity contribution in [1.82, 2.24) is 0 Å². The topological polar surface area (TPSA) is 105 Å². The molecule has 0 aromatic heterocycles. The lowest BCUT2D eigenvalue weighted by atomic mass is 9.49. The summed E-state index contributed by atoms with van der Waals surface area (Å²) in [6, 6.07) is 0. The summed E-state index contributed by atoms with van der Waals surface area (Å²) in [4.78, 5) is 24.3. The van der Waals surface area contributed by atoms with Gasteiger partial charge in [0, 0.05) is 20.5 Å². The first-order chi connectivity index (χ1) is 18.6. The van der Waals surface area contributed by atoms with Gasteiger partial charge in [0.2, 0.25) is 0 Å². The highest BCUT2D eigenvalue weighted by atomic mass is 32.2. The molecule has 0 spiro atoms. The standard InChI is InChI=1S/C31H54O8SSi/c1-20-12-13-25-24(19-36-40(9,34)35)26(14-15-30(20,25)7)31(8)17-28(39-22(3)33)27(38-21(2)32)16-23(31)18-37-41(10,11)29(4,5)6/h23-28H,1,12-19H2,2-11H3/t23-,24+,25?,26?,27+,28-,30-,31+/m1/s1. The van der Waals surface area contributed by atoms with E-state index >= 15 is 0 Å². The predicted octanol–water partition coefficient (Wildman–Crippen LogP) is 6.26. The van der Waals surface area contributed by atoms with Crippen LogP contribution in [0.4, 0.5) is 0 Å². The van der Waals surface area contributed by atoms with Gasteiger partial charge in [-0.1, -0.05) is 46.8 Å². The number of ether oxygens (including phenoxy) is 2. The third-order valence-electron chi connectivity index (χ3n) is 11.3. The average Bonchev–Trinajstić information content (AvgIpc) is 3.10. The Balaban J connectivity index is 2.07. The van der Waals surface area contributed by atoms with E-state index in [0.717, 1.165) is 31.9 Å². The van der Waals surface area contributed by atoms with Crippen LogP contribution in [-0.2, 0) is 37.8 Å². The van der Waals surface area contributed by atoms with Crippen molar-refractivity contribution in [2.45, 2.75) is 117 Å². The number of esters is 2. The molecular weight excluding hydrogens is 560 g/mol. The lowest BCUT2D eigenvalue weighted by molar-refractivity contribution is -0.189. The minimum atomic E-state index is -3.64. The molecule has 3 fully saturated rings. The molecule has 0 aromatic rings. The molecule has 41 heavy (non-hydrogen) atoms. The van der Waals surface area contributed by atoms with Gasteiger partial charge in [-0.15, -0.1) is 0 Å². The highest BCUT2D eigenvalue weighted by molar-refractivity contribution is 7.85. The summed E-state index contributed by atoms with van der Waals surface area (Å²) in [6.07, 6.45) is 4.69. The van der Waals surface area contributed by atoms with Gasteiger partial charge in [0.1, 0.15) is 12.2 Å². The first-order valence-electron chi connectivity index (χ1n) is 15.1. The summed E-state index contributed by atoms with van der Waals surface area (Å²) in [5.41, 5.74) is 0.802. The van der Waals surface area contributed by atoms with E-state index in [1.165, 1.54) is 19.4 Å². The van der Waals surface area contributed by atoms with E-state index in [9.17, 15) is 18.0 Å². The molecule has 0 aliphatic heterocycles. The first-order valence-corrected chi connectivity index (χ1v) is 19.8. The second-order valence-corrected chi connectivity index (χ2v) is 21.4. The maximum atomic E-state index is 12.2. The Hall–Kier alpha value is -1.23. The van der Waals surface area contributed by atoms with E-state index in [2.05, 4.69) is 54.3 Å². The number of carbonyl (C=O) groups is 2. The van der Waals surface area contributed by atoms with Crippen LogP contribution in [0.25, 0.3) is 0 Å². The number of carbonyl (C=O) groups excluding carboxylic acids is 2. The van der Waals surface area contributed by atoms with Gasteiger partial charge >= 0.3 is 11.9 Å². The first kappa shape index (κ1) is 34.3. The second kappa shape index (κ2) is 12.0. The SMILES string of the molecule is C=C1CCC2[C@H](COS(C)(=O)=O)C([C@@]3(C)C[C@@H](OC(C)=O)[C@@H](OC(C)=O)C[C@@H]3CO[Si](C)(C)C(C)(C)C)CC[C@]12C. The van der Waals surface area contributed by atoms with Gasteiger partial charge in [0.25, 0.3) is 10.1 Å². The van der Waals surface area contributed by atoms with Crippen LogP contribution in [0.1, 0.15) is 87.0 Å². The smallest absolute Gasteiger partial charge is 0.303 e. The Morgan fingerprint density at radius 3 is 2.12 bits per heavy atom. The summed E-state index contributed by atoms with van der Waals surface area (Å²) < 4.78 is 48.3. The average molecular weight is 615 g/mol. The van der Waals surface area contributed by atoms with Crippen molar-refractivity contribution >= 4 is 30.4 Å². The van der Waals surface area contributed by atoms with E-state index in [-0.39, 0.29) is 46.1 Å². The summed E-state index contributed by atoms with van der Waals surface area (Å²) in [5.74, 6) is -0.494. The molecule has 3 aliphatic carbocycles. The summed E-state index contributed by atoms with van der Waals surface area (Å²) in [7, 11) is -5.74. The molecule has 3 rings (SSSR count). The number of fused-ring (bicyclic) bond motifs is 1. The molecule has 3 aliphatic rings. The zero-order chi connectivity index (χ0) is 31.2. The highest BCUT2D eigenvalue weighted by Crippen LogP contribution is 2.64. The van der Waals surface area contributed by atoms with Gasteiger partial charge in [-0.05, 0) is 91.2 Å². The van der Waals surface area contributed by atoms with Gasteiger partial charge in [0.15, 0.2) is 8.32 Å². The van der Waals surface area contributed by atoms with Crippen LogP contribution in [0, 0.1) is 34.5 Å². The van der Waals surface area contributed by atoms with E-state index in [1.54, 1.807) is 0 Å². The minimum Gasteiger partial charge on any atom is -0.459 e. The van der Waals surface area contributed by atoms with Crippen LogP contribution in [0.3, 0.4) is 0 Å². The molecule has 8 atom stereocenters. The van der Waals surface area contributed by atoms with Crippen molar-refractivity contribution in [3.05, 3.63) is 12.2 Å². The van der Waals surface area contributed by atoms with Crippen molar-refractivity contribution in [3.8, 4) is 0 Å². The summed E-state index contributed by atoms with van der Waals surface area (Å²) in [5, 5.41) is 0.0242. The maximum absolute atomic E-state index is 12.2. The Labute approximate surface area is 249 Å². The molecule has 0 amide bonds. The zero-order valence-corrected chi connectivity index (χ0v) is 28.8. The molecule has 236 valence electrons. The van der Waals surface area contributed by atoms with E-state index in [0.29, 0.717) is 19.4 Å². The molecule has 0 N–H and O–H groups in total. The molecular formula is C31H54O8SSi. The molecule has 0 heterocycles. The van der Waals surface area contributed by atoms with Crippen LogP contribution in [0.15, 0.2) is 12.2 Å². The van der Waals surface area contributed by atoms with Crippen molar-refractivity contribution in [2.24, 2.45) is 34.5 Å². The fraction of sp³-hybridized carbons (Fsp3) is 0.871. The Morgan fingerprint density at radius 2 is 1.59 bits per heavy atom. The molecule has 2 unspecified atom stereocenters. The van der Waals surface area contributed by atoms with Crippen LogP contribution < -0.4 is 0 Å². The lowest BCUT2D eigenvalue weighted by Crippen LogP contribution is -2.57. The number of hydrogen-bond acceptors (Lipinski definition) is 8. The van der Waals surface area contributed by atoms with Crippen molar-refractivity contribution in [2.75, 3.05) is 19.5 Å². The third kappa shape index (κ3) is 7.47. The molecule has 0 aromatic carbocycles. The fourth-order valence-corrected chi connectivity index (χ4v) is 9.24. The highest BCUT2D eigenvalue weighted by Gasteiger charge is 2.59. The van der Waals surface area contributed by atoms with Crippen LogP contribution in [0.2, 0.25) is 18.1 Å². The van der Waals surface area contributed by atoms with Gasteiger partial charge in [-0.25, -0.2) is 0 Å². The molecule has 0 bridgehead atoms. The van der Waals surface area contributed by atoms with E-state index < -0.39 is 42.6 Å². The molecule has 8 nitrogen and oxygen atoms in total. The number of rotatable bonds is 9. The van der Waals surface area contributed by atoms with Gasteiger partial charge in [-0.3, -0.25) is 13.8 Å². The predicted molar refractivity (Wildman–Crippen MR) is 162 cm³/mol. The van der Waals surface area contributed by atoms with E-state index in [4.69, 9.17) is 18.1 Å². The van der Waals surface area contributed by atoms with Crippen molar-refractivity contribution in [3.63, 3.8) is 0 Å². The van der Waals surface area contributed by atoms with Crippen LogP contribution in [-0.4, -0.2) is 60.4 Å². The number of allylic oxidation sites excluding steroid dienone is 1. The van der Waals surface area contributed by atoms with Gasteiger partial charge in [0.05, 0.1) is 12.9 Å². The number of hydrogen-bond donors (Lipinski definition) is 0. The fourth-order valence-electron chi connectivity index (χ4n) is 7.79. The normalized spacial score (nSPS) is 36.5. The minimum absolute atomic E-state index is 0.00692.